The van der Waals surface area contributed by atoms with Crippen LogP contribution in [0, 0.1) is 23.1 Å². The average Bonchev–Trinajstić information content (AvgIpc) is 2.50. The fourth-order valence-corrected chi connectivity index (χ4v) is 4.20. The zero-order chi connectivity index (χ0) is 14.1. The van der Waals surface area contributed by atoms with Gasteiger partial charge in [0.1, 0.15) is 6.07 Å². The van der Waals surface area contributed by atoms with Crippen molar-refractivity contribution < 1.29 is 4.39 Å². The number of fused-ring (bicyclic) bond motifs is 1. The minimum absolute atomic E-state index is 0.282. The van der Waals surface area contributed by atoms with E-state index in [1.54, 1.807) is 12.1 Å². The number of piperidine rings is 1. The van der Waals surface area contributed by atoms with E-state index < -0.39 is 0 Å². The second-order valence-corrected chi connectivity index (χ2v) is 6.61. The zero-order valence-electron chi connectivity index (χ0n) is 11.4. The van der Waals surface area contributed by atoms with Gasteiger partial charge in [-0.25, -0.2) is 4.39 Å². The normalized spacial score (nSPS) is 25.9. The molecule has 1 aliphatic carbocycles. The molecule has 2 atom stereocenters. The molecule has 2 nitrogen and oxygen atoms in total. The summed E-state index contributed by atoms with van der Waals surface area (Å²) in [6, 6.07) is 5.99. The van der Waals surface area contributed by atoms with Crippen LogP contribution in [-0.2, 0) is 0 Å². The Labute approximate surface area is 127 Å². The fraction of sp³-hybridized carbons (Fsp3) is 0.562. The van der Waals surface area contributed by atoms with Crippen LogP contribution in [0.2, 0.25) is 0 Å². The van der Waals surface area contributed by atoms with Crippen molar-refractivity contribution in [3.05, 3.63) is 28.0 Å². The monoisotopic (exact) mass is 336 g/mol. The Balaban J connectivity index is 1.95. The number of rotatable bonds is 1. The van der Waals surface area contributed by atoms with Crippen LogP contribution in [0.5, 0.6) is 0 Å². The Kier molecular flexibility index (Phi) is 3.98. The second kappa shape index (κ2) is 5.73. The summed E-state index contributed by atoms with van der Waals surface area (Å²) >= 11 is 3.22. The van der Waals surface area contributed by atoms with Crippen molar-refractivity contribution >= 4 is 21.6 Å². The van der Waals surface area contributed by atoms with Crippen molar-refractivity contribution in [2.75, 3.05) is 11.4 Å². The van der Waals surface area contributed by atoms with E-state index in [0.29, 0.717) is 27.7 Å². The van der Waals surface area contributed by atoms with Gasteiger partial charge in [-0.05, 0) is 59.7 Å². The number of benzene rings is 1. The van der Waals surface area contributed by atoms with Crippen molar-refractivity contribution in [1.29, 1.82) is 5.26 Å². The zero-order valence-corrected chi connectivity index (χ0v) is 13.0. The Morgan fingerprint density at radius 2 is 1.95 bits per heavy atom. The van der Waals surface area contributed by atoms with Gasteiger partial charge >= 0.3 is 0 Å². The number of nitriles is 1. The van der Waals surface area contributed by atoms with E-state index in [2.05, 4.69) is 20.8 Å². The summed E-state index contributed by atoms with van der Waals surface area (Å²) in [6.45, 7) is 0.927. The summed E-state index contributed by atoms with van der Waals surface area (Å²) in [4.78, 5) is 2.24. The molecule has 2 aliphatic rings. The van der Waals surface area contributed by atoms with Crippen molar-refractivity contribution in [1.82, 2.24) is 0 Å². The van der Waals surface area contributed by atoms with Gasteiger partial charge in [0.05, 0.1) is 15.7 Å². The summed E-state index contributed by atoms with van der Waals surface area (Å²) in [6.07, 6.45) is 7.42. The van der Waals surface area contributed by atoms with Crippen molar-refractivity contribution in [2.45, 2.75) is 44.6 Å². The largest absolute Gasteiger partial charge is 0.366 e. The summed E-state index contributed by atoms with van der Waals surface area (Å²) in [5.74, 6) is 0.432. The molecule has 1 aromatic carbocycles. The molecule has 0 aromatic heterocycles. The molecule has 1 saturated heterocycles. The maximum absolute atomic E-state index is 14.6. The summed E-state index contributed by atoms with van der Waals surface area (Å²) < 4.78 is 14.9. The highest BCUT2D eigenvalue weighted by Crippen LogP contribution is 2.40. The summed E-state index contributed by atoms with van der Waals surface area (Å²) in [7, 11) is 0. The van der Waals surface area contributed by atoms with E-state index in [4.69, 9.17) is 5.26 Å². The van der Waals surface area contributed by atoms with E-state index in [-0.39, 0.29) is 5.82 Å². The average molecular weight is 337 g/mol. The highest BCUT2D eigenvalue weighted by Gasteiger charge is 2.34. The molecule has 1 heterocycles. The molecule has 2 fully saturated rings. The second-order valence-electron chi connectivity index (χ2n) is 5.82. The smallest absolute Gasteiger partial charge is 0.161 e. The molecule has 4 heteroatoms. The van der Waals surface area contributed by atoms with Gasteiger partial charge in [-0.15, -0.1) is 0 Å². The lowest BCUT2D eigenvalue weighted by Gasteiger charge is -2.45. The first-order chi connectivity index (χ1) is 9.72. The van der Waals surface area contributed by atoms with E-state index >= 15 is 0 Å². The van der Waals surface area contributed by atoms with E-state index in [9.17, 15) is 4.39 Å². The van der Waals surface area contributed by atoms with Gasteiger partial charge in [0.15, 0.2) is 5.82 Å². The minimum Gasteiger partial charge on any atom is -0.366 e. The third-order valence-corrected chi connectivity index (χ3v) is 5.51. The highest BCUT2D eigenvalue weighted by atomic mass is 79.9. The van der Waals surface area contributed by atoms with Crippen LogP contribution in [-0.4, -0.2) is 12.6 Å². The molecule has 0 bridgehead atoms. The molecule has 0 radical (unpaired) electrons. The first-order valence-corrected chi connectivity index (χ1v) is 8.16. The molecule has 2 unspecified atom stereocenters. The topological polar surface area (TPSA) is 27.0 Å². The van der Waals surface area contributed by atoms with Crippen molar-refractivity contribution in [3.63, 3.8) is 0 Å². The molecule has 0 spiro atoms. The molecular formula is C16H18BrFN2. The summed E-state index contributed by atoms with van der Waals surface area (Å²) in [5, 5.41) is 8.97. The predicted octanol–water partition coefficient (Wildman–Crippen LogP) is 4.62. The third-order valence-electron chi connectivity index (χ3n) is 4.74. The Hall–Kier alpha value is -1.08. The van der Waals surface area contributed by atoms with Crippen LogP contribution in [0.3, 0.4) is 0 Å². The Bertz CT molecular complexity index is 550. The molecule has 1 aromatic rings. The molecule has 0 N–H and O–H groups in total. The van der Waals surface area contributed by atoms with Crippen molar-refractivity contribution in [3.8, 4) is 6.07 Å². The van der Waals surface area contributed by atoms with Crippen LogP contribution < -0.4 is 4.90 Å². The lowest BCUT2D eigenvalue weighted by Crippen LogP contribution is -2.47. The molecule has 20 heavy (non-hydrogen) atoms. The standard InChI is InChI=1S/C16H18BrFN2/c17-15-12(10-19)7-8-14(16(15)18)20-9-3-5-11-4-1-2-6-13(11)20/h7-8,11,13H,1-6,9H2. The third kappa shape index (κ3) is 2.33. The minimum atomic E-state index is -0.282. The number of nitrogens with zero attached hydrogens (tertiary/aromatic N) is 2. The quantitative estimate of drug-likeness (QED) is 0.748. The molecule has 1 saturated carbocycles. The van der Waals surface area contributed by atoms with Crippen molar-refractivity contribution in [2.24, 2.45) is 5.92 Å². The lowest BCUT2D eigenvalue weighted by molar-refractivity contribution is 0.242. The fourth-order valence-electron chi connectivity index (χ4n) is 3.77. The van der Waals surface area contributed by atoms with Crippen LogP contribution in [0.25, 0.3) is 0 Å². The van der Waals surface area contributed by atoms with Crippen LogP contribution in [0.15, 0.2) is 16.6 Å². The van der Waals surface area contributed by atoms with Crippen LogP contribution in [0.4, 0.5) is 10.1 Å². The van der Waals surface area contributed by atoms with Gasteiger partial charge < -0.3 is 4.90 Å². The maximum Gasteiger partial charge on any atom is 0.161 e. The van der Waals surface area contributed by atoms with Gasteiger partial charge in [0.25, 0.3) is 0 Å². The van der Waals surface area contributed by atoms with E-state index in [1.807, 2.05) is 6.07 Å². The van der Waals surface area contributed by atoms with Gasteiger partial charge in [0, 0.05) is 12.6 Å². The van der Waals surface area contributed by atoms with Gasteiger partial charge in [0.2, 0.25) is 0 Å². The predicted molar refractivity (Wildman–Crippen MR) is 81.1 cm³/mol. The molecular weight excluding hydrogens is 319 g/mol. The number of halogens is 2. The molecule has 1 aliphatic heterocycles. The van der Waals surface area contributed by atoms with Crippen LogP contribution in [0.1, 0.15) is 44.1 Å². The van der Waals surface area contributed by atoms with E-state index in [0.717, 1.165) is 13.0 Å². The van der Waals surface area contributed by atoms with Gasteiger partial charge in [-0.1, -0.05) is 12.8 Å². The van der Waals surface area contributed by atoms with Gasteiger partial charge in [-0.2, -0.15) is 5.26 Å². The molecule has 0 amide bonds. The first kappa shape index (κ1) is 13.9. The Morgan fingerprint density at radius 1 is 1.20 bits per heavy atom. The van der Waals surface area contributed by atoms with Gasteiger partial charge in [-0.3, -0.25) is 0 Å². The van der Waals surface area contributed by atoms with Crippen LogP contribution >= 0.6 is 15.9 Å². The maximum atomic E-state index is 14.6. The molecule has 3 rings (SSSR count). The number of anilines is 1. The number of hydrogen-bond acceptors (Lipinski definition) is 2. The lowest BCUT2D eigenvalue weighted by atomic mass is 9.78. The number of hydrogen-bond donors (Lipinski definition) is 0. The summed E-state index contributed by atoms with van der Waals surface area (Å²) in [5.41, 5.74) is 1.02. The molecule has 106 valence electrons. The highest BCUT2D eigenvalue weighted by molar-refractivity contribution is 9.10. The first-order valence-electron chi connectivity index (χ1n) is 7.37. The van der Waals surface area contributed by atoms with E-state index in [1.165, 1.54) is 32.1 Å². The SMILES string of the molecule is N#Cc1ccc(N2CCCC3CCCCC32)c(F)c1Br. The Morgan fingerprint density at radius 3 is 2.75 bits per heavy atom.